The fraction of sp³-hybridized carbons (Fsp3) is 0.889. The normalized spacial score (nSPS) is 40.1. The van der Waals surface area contributed by atoms with Gasteiger partial charge in [-0.1, -0.05) is 0 Å². The van der Waals surface area contributed by atoms with Crippen molar-refractivity contribution in [1.82, 2.24) is 10.6 Å². The zero-order chi connectivity index (χ0) is 9.47. The largest absolute Gasteiger partial charge is 0.351 e. The summed E-state index contributed by atoms with van der Waals surface area (Å²) < 4.78 is 0. The minimum absolute atomic E-state index is 0. The van der Waals surface area contributed by atoms with Gasteiger partial charge >= 0.3 is 0 Å². The number of halogens is 1. The van der Waals surface area contributed by atoms with Gasteiger partial charge in [-0.25, -0.2) is 0 Å². The second kappa shape index (κ2) is 4.04. The fourth-order valence-corrected chi connectivity index (χ4v) is 1.73. The van der Waals surface area contributed by atoms with E-state index in [-0.39, 0.29) is 35.8 Å². The third kappa shape index (κ3) is 2.19. The van der Waals surface area contributed by atoms with E-state index in [1.54, 1.807) is 0 Å². The molecule has 0 spiro atoms. The van der Waals surface area contributed by atoms with Gasteiger partial charge in [-0.2, -0.15) is 0 Å². The summed E-state index contributed by atoms with van der Waals surface area (Å²) in [6.45, 7) is 3.75. The molecule has 2 aliphatic rings. The van der Waals surface area contributed by atoms with Crippen molar-refractivity contribution in [3.8, 4) is 0 Å². The summed E-state index contributed by atoms with van der Waals surface area (Å²) in [6, 6.07) is 0.437. The summed E-state index contributed by atoms with van der Waals surface area (Å²) >= 11 is 0. The summed E-state index contributed by atoms with van der Waals surface area (Å²) in [5.41, 5.74) is 5.42. The molecule has 0 bridgehead atoms. The predicted octanol–water partition coefficient (Wildman–Crippen LogP) is -0.376. The molecule has 14 heavy (non-hydrogen) atoms. The van der Waals surface area contributed by atoms with E-state index in [4.69, 9.17) is 5.73 Å². The SMILES string of the molecule is CC1(C(=O)NC2CC2N)CCNC1.Cl. The number of carbonyl (C=O) groups excluding carboxylic acids is 1. The fourth-order valence-electron chi connectivity index (χ4n) is 1.73. The van der Waals surface area contributed by atoms with E-state index >= 15 is 0 Å². The van der Waals surface area contributed by atoms with Gasteiger partial charge in [0.05, 0.1) is 5.41 Å². The van der Waals surface area contributed by atoms with Crippen molar-refractivity contribution < 1.29 is 4.79 Å². The quantitative estimate of drug-likeness (QED) is 0.594. The van der Waals surface area contributed by atoms with E-state index in [0.29, 0.717) is 0 Å². The Labute approximate surface area is 90.4 Å². The van der Waals surface area contributed by atoms with Crippen molar-refractivity contribution in [1.29, 1.82) is 0 Å². The predicted molar refractivity (Wildman–Crippen MR) is 57.4 cm³/mol. The molecular weight excluding hydrogens is 202 g/mol. The first-order valence-corrected chi connectivity index (χ1v) is 4.89. The van der Waals surface area contributed by atoms with E-state index in [0.717, 1.165) is 25.9 Å². The monoisotopic (exact) mass is 219 g/mol. The summed E-state index contributed by atoms with van der Waals surface area (Å²) in [6.07, 6.45) is 1.87. The smallest absolute Gasteiger partial charge is 0.227 e. The Morgan fingerprint density at radius 3 is 2.71 bits per heavy atom. The van der Waals surface area contributed by atoms with Crippen LogP contribution in [0.15, 0.2) is 0 Å². The Morgan fingerprint density at radius 2 is 2.29 bits per heavy atom. The van der Waals surface area contributed by atoms with Crippen LogP contribution in [0.5, 0.6) is 0 Å². The second-order valence-corrected chi connectivity index (χ2v) is 4.47. The van der Waals surface area contributed by atoms with E-state index < -0.39 is 0 Å². The molecule has 1 heterocycles. The Kier molecular flexibility index (Phi) is 3.40. The molecule has 4 N–H and O–H groups in total. The van der Waals surface area contributed by atoms with Gasteiger partial charge in [0.2, 0.25) is 5.91 Å². The lowest BCUT2D eigenvalue weighted by Crippen LogP contribution is -2.42. The van der Waals surface area contributed by atoms with Crippen molar-refractivity contribution in [2.45, 2.75) is 31.8 Å². The minimum atomic E-state index is -0.206. The van der Waals surface area contributed by atoms with Crippen LogP contribution in [-0.4, -0.2) is 31.1 Å². The van der Waals surface area contributed by atoms with E-state index in [9.17, 15) is 4.79 Å². The topological polar surface area (TPSA) is 67.2 Å². The molecule has 0 aromatic heterocycles. The number of amides is 1. The van der Waals surface area contributed by atoms with Gasteiger partial charge in [0.25, 0.3) is 0 Å². The van der Waals surface area contributed by atoms with Crippen LogP contribution < -0.4 is 16.4 Å². The van der Waals surface area contributed by atoms with Gasteiger partial charge in [0.15, 0.2) is 0 Å². The summed E-state index contributed by atoms with van der Waals surface area (Å²) in [5.74, 6) is 0.162. The van der Waals surface area contributed by atoms with Crippen molar-refractivity contribution in [2.24, 2.45) is 11.1 Å². The molecule has 0 radical (unpaired) electrons. The summed E-state index contributed by atoms with van der Waals surface area (Å²) in [4.78, 5) is 11.8. The minimum Gasteiger partial charge on any atom is -0.351 e. The molecule has 0 aromatic rings. The Morgan fingerprint density at radius 1 is 1.64 bits per heavy atom. The van der Waals surface area contributed by atoms with Crippen LogP contribution in [0.4, 0.5) is 0 Å². The molecule has 1 saturated heterocycles. The van der Waals surface area contributed by atoms with Gasteiger partial charge < -0.3 is 16.4 Å². The molecule has 0 aromatic carbocycles. The molecule has 2 fully saturated rings. The van der Waals surface area contributed by atoms with Crippen molar-refractivity contribution >= 4 is 18.3 Å². The lowest BCUT2D eigenvalue weighted by molar-refractivity contribution is -0.129. The van der Waals surface area contributed by atoms with Crippen molar-refractivity contribution in [2.75, 3.05) is 13.1 Å². The highest BCUT2D eigenvalue weighted by Crippen LogP contribution is 2.27. The molecule has 4 nitrogen and oxygen atoms in total. The molecule has 3 atom stereocenters. The molecule has 1 amide bonds. The number of nitrogens with two attached hydrogens (primary N) is 1. The number of hydrogen-bond acceptors (Lipinski definition) is 3. The lowest BCUT2D eigenvalue weighted by Gasteiger charge is -2.21. The third-order valence-electron chi connectivity index (χ3n) is 3.07. The van der Waals surface area contributed by atoms with Gasteiger partial charge in [-0.3, -0.25) is 4.79 Å². The molecule has 5 heteroatoms. The highest BCUT2D eigenvalue weighted by atomic mass is 35.5. The Balaban J connectivity index is 0.000000980. The van der Waals surface area contributed by atoms with Crippen LogP contribution in [0.1, 0.15) is 19.8 Å². The van der Waals surface area contributed by atoms with E-state index in [1.807, 2.05) is 6.92 Å². The maximum atomic E-state index is 11.8. The Bertz CT molecular complexity index is 228. The van der Waals surface area contributed by atoms with Crippen LogP contribution in [-0.2, 0) is 4.79 Å². The zero-order valence-corrected chi connectivity index (χ0v) is 9.19. The van der Waals surface area contributed by atoms with Crippen LogP contribution in [0.25, 0.3) is 0 Å². The molecular formula is C9H18ClN3O. The first-order chi connectivity index (χ1) is 6.12. The van der Waals surface area contributed by atoms with Gasteiger partial charge in [0.1, 0.15) is 0 Å². The maximum absolute atomic E-state index is 11.8. The van der Waals surface area contributed by atoms with Crippen molar-refractivity contribution in [3.63, 3.8) is 0 Å². The first kappa shape index (κ1) is 11.8. The lowest BCUT2D eigenvalue weighted by atomic mass is 9.89. The molecule has 3 unspecified atom stereocenters. The number of nitrogens with one attached hydrogen (secondary N) is 2. The number of rotatable bonds is 2. The molecule has 1 saturated carbocycles. The summed E-state index contributed by atoms with van der Waals surface area (Å²) in [7, 11) is 0. The van der Waals surface area contributed by atoms with Crippen LogP contribution >= 0.6 is 12.4 Å². The van der Waals surface area contributed by atoms with Crippen LogP contribution in [0.3, 0.4) is 0 Å². The maximum Gasteiger partial charge on any atom is 0.227 e. The van der Waals surface area contributed by atoms with E-state index in [1.165, 1.54) is 0 Å². The molecule has 1 aliphatic heterocycles. The highest BCUT2D eigenvalue weighted by molar-refractivity contribution is 5.85. The van der Waals surface area contributed by atoms with E-state index in [2.05, 4.69) is 10.6 Å². The van der Waals surface area contributed by atoms with Gasteiger partial charge in [-0.15, -0.1) is 12.4 Å². The zero-order valence-electron chi connectivity index (χ0n) is 8.38. The average molecular weight is 220 g/mol. The first-order valence-electron chi connectivity index (χ1n) is 4.89. The Hall–Kier alpha value is -0.320. The molecule has 82 valence electrons. The molecule has 2 rings (SSSR count). The van der Waals surface area contributed by atoms with Crippen molar-refractivity contribution in [3.05, 3.63) is 0 Å². The summed E-state index contributed by atoms with van der Waals surface area (Å²) in [5, 5.41) is 6.19. The number of carbonyl (C=O) groups is 1. The van der Waals surface area contributed by atoms with Gasteiger partial charge in [0, 0.05) is 18.6 Å². The average Bonchev–Trinajstić information content (AvgIpc) is 2.62. The number of hydrogen-bond donors (Lipinski definition) is 3. The standard InChI is InChI=1S/C9H17N3O.ClH/c1-9(2-3-11-5-9)8(13)12-7-4-6(7)10;/h6-7,11H,2-5,10H2,1H3,(H,12,13);1H. The third-order valence-corrected chi connectivity index (χ3v) is 3.07. The second-order valence-electron chi connectivity index (χ2n) is 4.47. The van der Waals surface area contributed by atoms with Crippen LogP contribution in [0, 0.1) is 5.41 Å². The van der Waals surface area contributed by atoms with Gasteiger partial charge in [-0.05, 0) is 26.3 Å². The molecule has 1 aliphatic carbocycles. The highest BCUT2D eigenvalue weighted by Gasteiger charge is 2.41. The van der Waals surface area contributed by atoms with Crippen LogP contribution in [0.2, 0.25) is 0 Å².